The van der Waals surface area contributed by atoms with Gasteiger partial charge < -0.3 is 9.73 Å². The monoisotopic (exact) mass is 410 g/mol. The average Bonchev–Trinajstić information content (AvgIpc) is 3.28. The van der Waals surface area contributed by atoms with Crippen molar-refractivity contribution >= 4 is 29.6 Å². The summed E-state index contributed by atoms with van der Waals surface area (Å²) in [5.74, 6) is -0.344. The summed E-state index contributed by atoms with van der Waals surface area (Å²) in [6.45, 7) is 0. The van der Waals surface area contributed by atoms with Gasteiger partial charge in [0, 0.05) is 22.9 Å². The molecule has 0 spiro atoms. The molecule has 0 saturated carbocycles. The van der Waals surface area contributed by atoms with Crippen molar-refractivity contribution in [3.05, 3.63) is 102 Å². The average molecular weight is 410 g/mol. The molecule has 4 aromatic rings. The third kappa shape index (κ3) is 5.30. The fourth-order valence-corrected chi connectivity index (χ4v) is 2.77. The summed E-state index contributed by atoms with van der Waals surface area (Å²) in [5.41, 5.74) is 2.65. The first-order valence-electron chi connectivity index (χ1n) is 9.52. The summed E-state index contributed by atoms with van der Waals surface area (Å²) in [6.07, 6.45) is 3.18. The standard InChI is InChI=1S/C24H18N4O3/c29-21(16-11-17-7-3-1-4-8-17)25-20-14-12-18(13-15-20)22(30)26-24-28-27-23(31-24)19-9-5-2-6-10-19/h1-16H,(H,25,29)(H,26,28,30)/b16-11+. The summed E-state index contributed by atoms with van der Waals surface area (Å²) in [6, 6.07) is 25.3. The Hall–Kier alpha value is -4.52. The van der Waals surface area contributed by atoms with Crippen molar-refractivity contribution in [2.24, 2.45) is 0 Å². The molecule has 2 N–H and O–H groups in total. The lowest BCUT2D eigenvalue weighted by molar-refractivity contribution is -0.111. The molecular weight excluding hydrogens is 392 g/mol. The van der Waals surface area contributed by atoms with Crippen LogP contribution in [0, 0.1) is 0 Å². The van der Waals surface area contributed by atoms with Crippen molar-refractivity contribution < 1.29 is 14.0 Å². The number of aromatic nitrogens is 2. The molecule has 4 rings (SSSR count). The van der Waals surface area contributed by atoms with Gasteiger partial charge in [0.15, 0.2) is 0 Å². The SMILES string of the molecule is O=C(/C=C/c1ccccc1)Nc1ccc(C(=O)Nc2nnc(-c3ccccc3)o2)cc1. The van der Waals surface area contributed by atoms with E-state index in [2.05, 4.69) is 20.8 Å². The van der Waals surface area contributed by atoms with Crippen LogP contribution in [0.25, 0.3) is 17.5 Å². The lowest BCUT2D eigenvalue weighted by Gasteiger charge is -2.04. The van der Waals surface area contributed by atoms with E-state index in [1.807, 2.05) is 60.7 Å². The zero-order valence-corrected chi connectivity index (χ0v) is 16.4. The molecule has 0 aliphatic rings. The predicted octanol–water partition coefficient (Wildman–Crippen LogP) is 4.64. The molecule has 0 saturated heterocycles. The number of rotatable bonds is 6. The van der Waals surface area contributed by atoms with Crippen molar-refractivity contribution in [1.82, 2.24) is 10.2 Å². The van der Waals surface area contributed by atoms with Gasteiger partial charge in [0.1, 0.15) is 0 Å². The van der Waals surface area contributed by atoms with E-state index in [9.17, 15) is 9.59 Å². The Morgan fingerprint density at radius 1 is 0.774 bits per heavy atom. The molecule has 0 aliphatic heterocycles. The number of benzene rings is 3. The summed E-state index contributed by atoms with van der Waals surface area (Å²) in [4.78, 5) is 24.5. The van der Waals surface area contributed by atoms with E-state index in [1.165, 1.54) is 6.08 Å². The fraction of sp³-hybridized carbons (Fsp3) is 0. The number of hydrogen-bond donors (Lipinski definition) is 2. The second-order valence-electron chi connectivity index (χ2n) is 6.54. The summed E-state index contributed by atoms with van der Waals surface area (Å²) in [7, 11) is 0. The van der Waals surface area contributed by atoms with Crippen LogP contribution >= 0.6 is 0 Å². The van der Waals surface area contributed by atoms with E-state index in [1.54, 1.807) is 30.3 Å². The van der Waals surface area contributed by atoms with Gasteiger partial charge in [-0.3, -0.25) is 14.9 Å². The van der Waals surface area contributed by atoms with Crippen molar-refractivity contribution in [3.63, 3.8) is 0 Å². The van der Waals surface area contributed by atoms with Crippen LogP contribution in [0.15, 0.2) is 95.4 Å². The molecule has 3 aromatic carbocycles. The van der Waals surface area contributed by atoms with Gasteiger partial charge in [0.25, 0.3) is 5.91 Å². The maximum absolute atomic E-state index is 12.4. The molecule has 152 valence electrons. The molecule has 31 heavy (non-hydrogen) atoms. The minimum absolute atomic E-state index is 0.00674. The molecule has 0 bridgehead atoms. The number of carbonyl (C=O) groups is 2. The molecule has 7 heteroatoms. The van der Waals surface area contributed by atoms with Crippen LogP contribution in [0.1, 0.15) is 15.9 Å². The minimum Gasteiger partial charge on any atom is -0.403 e. The van der Waals surface area contributed by atoms with Gasteiger partial charge in [0.05, 0.1) is 0 Å². The molecule has 0 fully saturated rings. The van der Waals surface area contributed by atoms with Crippen molar-refractivity contribution in [2.75, 3.05) is 10.6 Å². The molecule has 0 atom stereocenters. The molecule has 2 amide bonds. The van der Waals surface area contributed by atoms with Gasteiger partial charge in [-0.25, -0.2) is 0 Å². The number of nitrogens with zero attached hydrogens (tertiary/aromatic N) is 2. The number of hydrogen-bond acceptors (Lipinski definition) is 5. The van der Waals surface area contributed by atoms with Crippen molar-refractivity contribution in [2.45, 2.75) is 0 Å². The van der Waals surface area contributed by atoms with Crippen molar-refractivity contribution in [3.8, 4) is 11.5 Å². The second-order valence-corrected chi connectivity index (χ2v) is 6.54. The highest BCUT2D eigenvalue weighted by molar-refractivity contribution is 6.04. The zero-order chi connectivity index (χ0) is 21.5. The van der Waals surface area contributed by atoms with Crippen LogP contribution in [0.5, 0.6) is 0 Å². The third-order valence-electron chi connectivity index (χ3n) is 4.31. The van der Waals surface area contributed by atoms with E-state index in [0.717, 1.165) is 11.1 Å². The van der Waals surface area contributed by atoms with Crippen LogP contribution < -0.4 is 10.6 Å². The van der Waals surface area contributed by atoms with E-state index in [4.69, 9.17) is 4.42 Å². The van der Waals surface area contributed by atoms with Crippen LogP contribution in [0.2, 0.25) is 0 Å². The van der Waals surface area contributed by atoms with Gasteiger partial charge >= 0.3 is 6.01 Å². The third-order valence-corrected chi connectivity index (χ3v) is 4.31. The smallest absolute Gasteiger partial charge is 0.322 e. The maximum atomic E-state index is 12.4. The summed E-state index contributed by atoms with van der Waals surface area (Å²) in [5, 5.41) is 13.1. The fourth-order valence-electron chi connectivity index (χ4n) is 2.77. The Labute approximate surface area is 178 Å². The molecule has 7 nitrogen and oxygen atoms in total. The Kier molecular flexibility index (Phi) is 5.95. The number of anilines is 2. The van der Waals surface area contributed by atoms with Crippen LogP contribution in [0.3, 0.4) is 0 Å². The minimum atomic E-state index is -0.398. The number of carbonyl (C=O) groups excluding carboxylic acids is 2. The highest BCUT2D eigenvalue weighted by Crippen LogP contribution is 2.19. The molecule has 1 heterocycles. The quantitative estimate of drug-likeness (QED) is 0.451. The predicted molar refractivity (Wildman–Crippen MR) is 118 cm³/mol. The Bertz CT molecular complexity index is 1200. The molecule has 0 radical (unpaired) electrons. The normalized spacial score (nSPS) is 10.7. The van der Waals surface area contributed by atoms with Crippen molar-refractivity contribution in [1.29, 1.82) is 0 Å². The largest absolute Gasteiger partial charge is 0.403 e. The van der Waals surface area contributed by atoms with Gasteiger partial charge in [0.2, 0.25) is 11.8 Å². The molecule has 0 aliphatic carbocycles. The maximum Gasteiger partial charge on any atom is 0.322 e. The number of nitrogens with one attached hydrogen (secondary N) is 2. The lowest BCUT2D eigenvalue weighted by Crippen LogP contribution is -2.12. The van der Waals surface area contributed by atoms with E-state index in [-0.39, 0.29) is 11.9 Å². The van der Waals surface area contributed by atoms with Gasteiger partial charge in [-0.05, 0) is 48.0 Å². The van der Waals surface area contributed by atoms with Gasteiger partial charge in [-0.1, -0.05) is 53.6 Å². The first-order chi connectivity index (χ1) is 15.2. The Balaban J connectivity index is 1.34. The molecular formula is C24H18N4O3. The lowest BCUT2D eigenvalue weighted by atomic mass is 10.2. The van der Waals surface area contributed by atoms with Crippen LogP contribution in [0.4, 0.5) is 11.7 Å². The van der Waals surface area contributed by atoms with Crippen LogP contribution in [-0.4, -0.2) is 22.0 Å². The highest BCUT2D eigenvalue weighted by atomic mass is 16.4. The first-order valence-corrected chi connectivity index (χ1v) is 9.52. The molecule has 1 aromatic heterocycles. The Morgan fingerprint density at radius 2 is 1.45 bits per heavy atom. The summed E-state index contributed by atoms with van der Waals surface area (Å²) < 4.78 is 5.48. The van der Waals surface area contributed by atoms with E-state index < -0.39 is 5.91 Å². The second kappa shape index (κ2) is 9.32. The summed E-state index contributed by atoms with van der Waals surface area (Å²) >= 11 is 0. The van der Waals surface area contributed by atoms with Gasteiger partial charge in [-0.15, -0.1) is 5.10 Å². The van der Waals surface area contributed by atoms with Gasteiger partial charge in [-0.2, -0.15) is 0 Å². The molecule has 0 unspecified atom stereocenters. The van der Waals surface area contributed by atoms with E-state index in [0.29, 0.717) is 17.1 Å². The van der Waals surface area contributed by atoms with E-state index >= 15 is 0 Å². The first kappa shape index (κ1) is 19.8. The highest BCUT2D eigenvalue weighted by Gasteiger charge is 2.12. The van der Waals surface area contributed by atoms with Crippen LogP contribution in [-0.2, 0) is 4.79 Å². The topological polar surface area (TPSA) is 97.1 Å². The zero-order valence-electron chi connectivity index (χ0n) is 16.4. The number of amides is 2. The Morgan fingerprint density at radius 3 is 2.16 bits per heavy atom.